The smallest absolute Gasteiger partial charge is 0.329 e. The van der Waals surface area contributed by atoms with Gasteiger partial charge in [-0.1, -0.05) is 25.7 Å². The Morgan fingerprint density at radius 1 is 1.25 bits per heavy atom. The van der Waals surface area contributed by atoms with E-state index < -0.39 is 11.5 Å². The topological polar surface area (TPSA) is 75.1 Å². The zero-order valence-electron chi connectivity index (χ0n) is 11.1. The zero-order chi connectivity index (χ0) is 14.0. The molecule has 20 heavy (non-hydrogen) atoms. The molecule has 1 aliphatic rings. The summed E-state index contributed by atoms with van der Waals surface area (Å²) < 4.78 is 0. The van der Waals surface area contributed by atoms with Crippen LogP contribution in [0.2, 0.25) is 0 Å². The summed E-state index contributed by atoms with van der Waals surface area (Å²) in [4.78, 5) is 21.1. The van der Waals surface area contributed by atoms with Crippen LogP contribution in [-0.4, -0.2) is 26.6 Å². The lowest BCUT2D eigenvalue weighted by atomic mass is 9.90. The summed E-state index contributed by atoms with van der Waals surface area (Å²) in [5, 5.41) is 15.8. The molecular formula is C14H17N3O2S. The van der Waals surface area contributed by atoms with Crippen molar-refractivity contribution in [1.29, 1.82) is 0 Å². The Bertz CT molecular complexity index is 618. The molecule has 0 unspecified atom stereocenters. The van der Waals surface area contributed by atoms with Crippen LogP contribution in [0.15, 0.2) is 17.8 Å². The van der Waals surface area contributed by atoms with Crippen LogP contribution >= 0.6 is 11.3 Å². The van der Waals surface area contributed by atoms with E-state index in [1.165, 1.54) is 17.7 Å². The molecule has 1 saturated carbocycles. The van der Waals surface area contributed by atoms with E-state index >= 15 is 0 Å². The minimum absolute atomic E-state index is 0.639. The molecule has 0 aliphatic heterocycles. The molecule has 2 aromatic rings. The molecule has 3 rings (SSSR count). The number of hydrogen-bond donors (Lipinski definition) is 2. The van der Waals surface area contributed by atoms with Crippen molar-refractivity contribution in [3.63, 3.8) is 0 Å². The normalized spacial score (nSPS) is 18.6. The van der Waals surface area contributed by atoms with Crippen molar-refractivity contribution in [3.8, 4) is 0 Å². The molecule has 0 radical (unpaired) electrons. The van der Waals surface area contributed by atoms with E-state index in [-0.39, 0.29) is 0 Å². The summed E-state index contributed by atoms with van der Waals surface area (Å²) in [6, 6.07) is 1.94. The second-order valence-electron chi connectivity index (χ2n) is 5.29. The molecule has 0 spiro atoms. The number of aliphatic carboxylic acids is 1. The Morgan fingerprint density at radius 3 is 2.70 bits per heavy atom. The second-order valence-corrected chi connectivity index (χ2v) is 6.18. The van der Waals surface area contributed by atoms with Gasteiger partial charge in [-0.3, -0.25) is 0 Å². The third kappa shape index (κ3) is 2.35. The van der Waals surface area contributed by atoms with E-state index in [0.29, 0.717) is 18.7 Å². The van der Waals surface area contributed by atoms with Gasteiger partial charge >= 0.3 is 5.97 Å². The van der Waals surface area contributed by atoms with Crippen molar-refractivity contribution < 1.29 is 9.90 Å². The fourth-order valence-electron chi connectivity index (χ4n) is 2.84. The predicted molar refractivity (Wildman–Crippen MR) is 79.1 cm³/mol. The van der Waals surface area contributed by atoms with Crippen molar-refractivity contribution in [2.45, 2.75) is 44.1 Å². The maximum atomic E-state index is 11.8. The Labute approximate surface area is 121 Å². The maximum Gasteiger partial charge on any atom is 0.329 e. The van der Waals surface area contributed by atoms with Crippen LogP contribution in [0.3, 0.4) is 0 Å². The van der Waals surface area contributed by atoms with Gasteiger partial charge in [0.15, 0.2) is 0 Å². The molecule has 5 nitrogen and oxygen atoms in total. The van der Waals surface area contributed by atoms with Gasteiger partial charge in [-0.25, -0.2) is 14.8 Å². The predicted octanol–water partition coefficient (Wildman–Crippen LogP) is 3.28. The first-order valence-corrected chi connectivity index (χ1v) is 7.79. The highest BCUT2D eigenvalue weighted by Crippen LogP contribution is 2.33. The third-order valence-electron chi connectivity index (χ3n) is 3.99. The van der Waals surface area contributed by atoms with Gasteiger partial charge in [-0.15, -0.1) is 11.3 Å². The zero-order valence-corrected chi connectivity index (χ0v) is 11.9. The second kappa shape index (κ2) is 5.36. The van der Waals surface area contributed by atoms with Crippen LogP contribution in [0.5, 0.6) is 0 Å². The molecule has 6 heteroatoms. The summed E-state index contributed by atoms with van der Waals surface area (Å²) in [6.07, 6.45) is 6.89. The largest absolute Gasteiger partial charge is 0.480 e. The molecule has 2 heterocycles. The average molecular weight is 291 g/mol. The Hall–Kier alpha value is -1.69. The summed E-state index contributed by atoms with van der Waals surface area (Å²) >= 11 is 1.54. The maximum absolute atomic E-state index is 11.8. The highest BCUT2D eigenvalue weighted by Gasteiger charge is 2.39. The van der Waals surface area contributed by atoms with Crippen LogP contribution in [-0.2, 0) is 4.79 Å². The van der Waals surface area contributed by atoms with Crippen LogP contribution in [0.25, 0.3) is 10.2 Å². The molecule has 1 fully saturated rings. The number of thiophene rings is 1. The van der Waals surface area contributed by atoms with Gasteiger partial charge in [-0.05, 0) is 24.3 Å². The number of aromatic nitrogens is 2. The van der Waals surface area contributed by atoms with Crippen molar-refractivity contribution in [3.05, 3.63) is 17.8 Å². The number of anilines is 1. The van der Waals surface area contributed by atoms with Gasteiger partial charge in [0.1, 0.15) is 22.5 Å². The number of carboxylic acids is 1. The Kier molecular flexibility index (Phi) is 3.56. The molecule has 2 aromatic heterocycles. The van der Waals surface area contributed by atoms with Crippen LogP contribution in [0, 0.1) is 0 Å². The Morgan fingerprint density at radius 2 is 2.00 bits per heavy atom. The van der Waals surface area contributed by atoms with Gasteiger partial charge in [0, 0.05) is 0 Å². The van der Waals surface area contributed by atoms with Gasteiger partial charge in [0.2, 0.25) is 0 Å². The number of nitrogens with zero attached hydrogens (tertiary/aromatic N) is 2. The average Bonchev–Trinajstić information content (AvgIpc) is 2.79. The standard InChI is InChI=1S/C14H17N3O2S/c18-13(19)14(6-3-1-2-4-7-14)17-11-10-5-8-20-12(10)16-9-15-11/h5,8-9H,1-4,6-7H2,(H,18,19)(H,15,16,17). The number of fused-ring (bicyclic) bond motifs is 1. The van der Waals surface area contributed by atoms with Crippen molar-refractivity contribution in [2.24, 2.45) is 0 Å². The van der Waals surface area contributed by atoms with E-state index in [1.54, 1.807) is 0 Å². The number of carbonyl (C=O) groups is 1. The van der Waals surface area contributed by atoms with E-state index in [9.17, 15) is 9.90 Å². The number of carboxylic acid groups (broad SMARTS) is 1. The minimum Gasteiger partial charge on any atom is -0.480 e. The monoisotopic (exact) mass is 291 g/mol. The summed E-state index contributed by atoms with van der Waals surface area (Å²) in [5.74, 6) is -0.137. The van der Waals surface area contributed by atoms with Gasteiger partial charge in [0.25, 0.3) is 0 Å². The van der Waals surface area contributed by atoms with Gasteiger partial charge < -0.3 is 10.4 Å². The number of rotatable bonds is 3. The van der Waals surface area contributed by atoms with E-state index in [2.05, 4.69) is 15.3 Å². The SMILES string of the molecule is O=C(O)C1(Nc2ncnc3sccc23)CCCCCC1. The van der Waals surface area contributed by atoms with Gasteiger partial charge in [-0.2, -0.15) is 0 Å². The summed E-state index contributed by atoms with van der Waals surface area (Å²) in [7, 11) is 0. The van der Waals surface area contributed by atoms with Crippen molar-refractivity contribution in [1.82, 2.24) is 9.97 Å². The number of hydrogen-bond acceptors (Lipinski definition) is 5. The van der Waals surface area contributed by atoms with E-state index in [1.807, 2.05) is 11.4 Å². The molecule has 1 aliphatic carbocycles. The molecule has 2 N–H and O–H groups in total. The lowest BCUT2D eigenvalue weighted by molar-refractivity contribution is -0.142. The fraction of sp³-hybridized carbons (Fsp3) is 0.500. The molecule has 0 aromatic carbocycles. The first-order valence-electron chi connectivity index (χ1n) is 6.91. The number of nitrogens with one attached hydrogen (secondary N) is 1. The van der Waals surface area contributed by atoms with Crippen molar-refractivity contribution >= 4 is 33.3 Å². The summed E-state index contributed by atoms with van der Waals surface area (Å²) in [6.45, 7) is 0. The Balaban J connectivity index is 1.97. The highest BCUT2D eigenvalue weighted by molar-refractivity contribution is 7.16. The molecule has 0 atom stereocenters. The molecular weight excluding hydrogens is 274 g/mol. The van der Waals surface area contributed by atoms with E-state index in [0.717, 1.165) is 35.9 Å². The lowest BCUT2D eigenvalue weighted by Crippen LogP contribution is -2.46. The quantitative estimate of drug-likeness (QED) is 0.849. The van der Waals surface area contributed by atoms with Crippen LogP contribution in [0.4, 0.5) is 5.82 Å². The molecule has 106 valence electrons. The van der Waals surface area contributed by atoms with E-state index in [4.69, 9.17) is 0 Å². The minimum atomic E-state index is -0.889. The van der Waals surface area contributed by atoms with Gasteiger partial charge in [0.05, 0.1) is 5.39 Å². The highest BCUT2D eigenvalue weighted by atomic mass is 32.1. The van der Waals surface area contributed by atoms with Crippen molar-refractivity contribution in [2.75, 3.05) is 5.32 Å². The molecule has 0 amide bonds. The lowest BCUT2D eigenvalue weighted by Gasteiger charge is -2.30. The summed E-state index contributed by atoms with van der Waals surface area (Å²) in [5.41, 5.74) is -0.889. The van der Waals surface area contributed by atoms with Crippen LogP contribution in [0.1, 0.15) is 38.5 Å². The molecule has 0 bridgehead atoms. The first-order chi connectivity index (χ1) is 9.71. The van der Waals surface area contributed by atoms with Crippen LogP contribution < -0.4 is 5.32 Å². The molecule has 0 saturated heterocycles. The fourth-order valence-corrected chi connectivity index (χ4v) is 3.57. The third-order valence-corrected chi connectivity index (χ3v) is 4.81. The first kappa shape index (κ1) is 13.3.